The summed E-state index contributed by atoms with van der Waals surface area (Å²) >= 11 is 0. The topological polar surface area (TPSA) is 98.7 Å². The van der Waals surface area contributed by atoms with Crippen LogP contribution < -0.4 is 5.73 Å². The van der Waals surface area contributed by atoms with Crippen molar-refractivity contribution in [2.24, 2.45) is 5.73 Å². The van der Waals surface area contributed by atoms with Crippen molar-refractivity contribution < 1.29 is 18.8 Å². The van der Waals surface area contributed by atoms with E-state index in [0.29, 0.717) is 19.4 Å². The lowest BCUT2D eigenvalue weighted by atomic mass is 9.98. The smallest absolute Gasteiger partial charge is 0.272 e. The summed E-state index contributed by atoms with van der Waals surface area (Å²) in [5.41, 5.74) is 5.13. The molecule has 2 N–H and O–H groups in total. The van der Waals surface area contributed by atoms with Crippen molar-refractivity contribution in [3.8, 4) is 0 Å². The first-order valence-electron chi connectivity index (χ1n) is 6.95. The predicted molar refractivity (Wildman–Crippen MR) is 84.2 cm³/mol. The van der Waals surface area contributed by atoms with Crippen LogP contribution in [-0.2, 0) is 4.74 Å². The standard InChI is InChI=1S/C14H18FN3O4.ClH/c1-22-11-4-5-17(10(6-11)8-16)14(19)12-3-2-9(18(20)21)7-13(12)15;/h2-3,7,10-11H,4-6,8,16H2,1H3;1H. The summed E-state index contributed by atoms with van der Waals surface area (Å²) < 4.78 is 19.3. The molecule has 0 saturated carbocycles. The normalized spacial score (nSPS) is 20.7. The second-order valence-electron chi connectivity index (χ2n) is 5.19. The molecular weight excluding hydrogens is 329 g/mol. The number of amides is 1. The van der Waals surface area contributed by atoms with Gasteiger partial charge < -0.3 is 15.4 Å². The van der Waals surface area contributed by atoms with Gasteiger partial charge in [0.1, 0.15) is 5.82 Å². The molecule has 7 nitrogen and oxygen atoms in total. The second-order valence-corrected chi connectivity index (χ2v) is 5.19. The molecular formula is C14H19ClFN3O4. The van der Waals surface area contributed by atoms with Crippen LogP contribution in [0.4, 0.5) is 10.1 Å². The number of carbonyl (C=O) groups excluding carboxylic acids is 1. The second kappa shape index (κ2) is 8.19. The highest BCUT2D eigenvalue weighted by atomic mass is 35.5. The quantitative estimate of drug-likeness (QED) is 0.660. The highest BCUT2D eigenvalue weighted by Crippen LogP contribution is 2.24. The minimum Gasteiger partial charge on any atom is -0.381 e. The lowest BCUT2D eigenvalue weighted by molar-refractivity contribution is -0.385. The molecule has 1 saturated heterocycles. The molecule has 0 aliphatic carbocycles. The van der Waals surface area contributed by atoms with E-state index in [-0.39, 0.29) is 42.3 Å². The molecule has 2 unspecified atom stereocenters. The maximum Gasteiger partial charge on any atom is 0.272 e. The molecule has 1 fully saturated rings. The number of halogens is 2. The molecule has 128 valence electrons. The Kier molecular flexibility index (Phi) is 6.86. The van der Waals surface area contributed by atoms with Gasteiger partial charge in [0.05, 0.1) is 22.7 Å². The van der Waals surface area contributed by atoms with Gasteiger partial charge in [0.2, 0.25) is 0 Å². The summed E-state index contributed by atoms with van der Waals surface area (Å²) in [5.74, 6) is -1.40. The zero-order chi connectivity index (χ0) is 16.3. The Labute approximate surface area is 139 Å². The van der Waals surface area contributed by atoms with Crippen LogP contribution >= 0.6 is 12.4 Å². The number of benzene rings is 1. The minimum absolute atomic E-state index is 0. The number of piperidine rings is 1. The first-order chi connectivity index (χ1) is 10.5. The lowest BCUT2D eigenvalue weighted by Crippen LogP contribution is -2.51. The van der Waals surface area contributed by atoms with E-state index in [1.165, 1.54) is 4.90 Å². The number of rotatable bonds is 4. The van der Waals surface area contributed by atoms with E-state index in [0.717, 1.165) is 18.2 Å². The molecule has 1 amide bonds. The van der Waals surface area contributed by atoms with E-state index < -0.39 is 16.6 Å². The van der Waals surface area contributed by atoms with Gasteiger partial charge in [-0.25, -0.2) is 4.39 Å². The Balaban J connectivity index is 0.00000264. The predicted octanol–water partition coefficient (Wildman–Crippen LogP) is 1.73. The van der Waals surface area contributed by atoms with Gasteiger partial charge in [-0.3, -0.25) is 14.9 Å². The van der Waals surface area contributed by atoms with Gasteiger partial charge in [-0.2, -0.15) is 0 Å². The Hall–Kier alpha value is -1.77. The van der Waals surface area contributed by atoms with Crippen LogP contribution in [-0.4, -0.2) is 48.1 Å². The van der Waals surface area contributed by atoms with Gasteiger partial charge in [-0.1, -0.05) is 0 Å². The van der Waals surface area contributed by atoms with Crippen LogP contribution in [0.15, 0.2) is 18.2 Å². The van der Waals surface area contributed by atoms with E-state index in [4.69, 9.17) is 10.5 Å². The summed E-state index contributed by atoms with van der Waals surface area (Å²) in [7, 11) is 1.60. The van der Waals surface area contributed by atoms with Crippen LogP contribution in [0.2, 0.25) is 0 Å². The number of methoxy groups -OCH3 is 1. The minimum atomic E-state index is -0.899. The maximum atomic E-state index is 14.0. The monoisotopic (exact) mass is 347 g/mol. The van der Waals surface area contributed by atoms with Crippen LogP contribution in [0.3, 0.4) is 0 Å². The molecule has 9 heteroatoms. The SMILES string of the molecule is COC1CCN(C(=O)c2ccc([N+](=O)[O-])cc2F)C(CN)C1.Cl. The summed E-state index contributed by atoms with van der Waals surface area (Å²) in [6, 6.07) is 2.79. The fraction of sp³-hybridized carbons (Fsp3) is 0.500. The van der Waals surface area contributed by atoms with Crippen molar-refractivity contribution in [1.29, 1.82) is 0 Å². The zero-order valence-electron chi connectivity index (χ0n) is 12.6. The van der Waals surface area contributed by atoms with Gasteiger partial charge in [-0.15, -0.1) is 12.4 Å². The Morgan fingerprint density at radius 2 is 2.26 bits per heavy atom. The summed E-state index contributed by atoms with van der Waals surface area (Å²) in [4.78, 5) is 23.9. The Morgan fingerprint density at radius 1 is 1.57 bits per heavy atom. The van der Waals surface area contributed by atoms with E-state index in [1.54, 1.807) is 7.11 Å². The fourth-order valence-electron chi connectivity index (χ4n) is 2.66. The molecule has 0 radical (unpaired) electrons. The maximum absolute atomic E-state index is 14.0. The summed E-state index contributed by atoms with van der Waals surface area (Å²) in [6.45, 7) is 0.663. The first kappa shape index (κ1) is 19.3. The average Bonchev–Trinajstić information content (AvgIpc) is 2.53. The number of hydrogen-bond acceptors (Lipinski definition) is 5. The molecule has 0 aromatic heterocycles. The molecule has 2 atom stereocenters. The van der Waals surface area contributed by atoms with Crippen molar-refractivity contribution in [3.05, 3.63) is 39.7 Å². The van der Waals surface area contributed by atoms with E-state index in [9.17, 15) is 19.3 Å². The van der Waals surface area contributed by atoms with Crippen molar-refractivity contribution in [3.63, 3.8) is 0 Å². The molecule has 1 heterocycles. The average molecular weight is 348 g/mol. The number of nitro groups is 1. The van der Waals surface area contributed by atoms with E-state index in [2.05, 4.69) is 0 Å². The molecule has 1 aromatic rings. The molecule has 2 rings (SSSR count). The van der Waals surface area contributed by atoms with E-state index in [1.807, 2.05) is 0 Å². The first-order valence-corrected chi connectivity index (χ1v) is 6.95. The number of non-ortho nitro benzene ring substituents is 1. The van der Waals surface area contributed by atoms with Crippen molar-refractivity contribution in [1.82, 2.24) is 4.90 Å². The third-order valence-electron chi connectivity index (χ3n) is 3.93. The molecule has 0 bridgehead atoms. The Morgan fingerprint density at radius 3 is 2.78 bits per heavy atom. The number of likely N-dealkylation sites (tertiary alicyclic amines) is 1. The third-order valence-corrected chi connectivity index (χ3v) is 3.93. The number of nitrogens with zero attached hydrogens (tertiary/aromatic N) is 2. The van der Waals surface area contributed by atoms with Gasteiger partial charge in [0, 0.05) is 32.3 Å². The van der Waals surface area contributed by atoms with Crippen LogP contribution in [0.5, 0.6) is 0 Å². The fourth-order valence-corrected chi connectivity index (χ4v) is 2.66. The zero-order valence-corrected chi connectivity index (χ0v) is 13.4. The molecule has 0 spiro atoms. The highest BCUT2D eigenvalue weighted by Gasteiger charge is 2.32. The number of hydrogen-bond donors (Lipinski definition) is 1. The number of nitro benzene ring substituents is 1. The summed E-state index contributed by atoms with van der Waals surface area (Å²) in [5, 5.41) is 10.6. The van der Waals surface area contributed by atoms with Gasteiger partial charge in [0.15, 0.2) is 0 Å². The largest absolute Gasteiger partial charge is 0.381 e. The van der Waals surface area contributed by atoms with Crippen LogP contribution in [0.25, 0.3) is 0 Å². The molecule has 1 aliphatic rings. The van der Waals surface area contributed by atoms with Crippen molar-refractivity contribution in [2.75, 3.05) is 20.2 Å². The number of ether oxygens (including phenoxy) is 1. The summed E-state index contributed by atoms with van der Waals surface area (Å²) in [6.07, 6.45) is 1.26. The molecule has 23 heavy (non-hydrogen) atoms. The van der Waals surface area contributed by atoms with Crippen molar-refractivity contribution in [2.45, 2.75) is 25.0 Å². The van der Waals surface area contributed by atoms with Crippen LogP contribution in [0, 0.1) is 15.9 Å². The van der Waals surface area contributed by atoms with Gasteiger partial charge in [0.25, 0.3) is 11.6 Å². The molecule has 1 aromatic carbocycles. The van der Waals surface area contributed by atoms with Crippen molar-refractivity contribution >= 4 is 24.0 Å². The van der Waals surface area contributed by atoms with E-state index >= 15 is 0 Å². The van der Waals surface area contributed by atoms with Crippen LogP contribution in [0.1, 0.15) is 23.2 Å². The van der Waals surface area contributed by atoms with Gasteiger partial charge in [-0.05, 0) is 18.9 Å². The third kappa shape index (κ3) is 4.15. The van der Waals surface area contributed by atoms with Gasteiger partial charge >= 0.3 is 0 Å². The molecule has 1 aliphatic heterocycles. The Bertz CT molecular complexity index is 587. The number of nitrogens with two attached hydrogens (primary N) is 1. The number of carbonyl (C=O) groups is 1. The lowest BCUT2D eigenvalue weighted by Gasteiger charge is -2.38. The highest BCUT2D eigenvalue weighted by molar-refractivity contribution is 5.95.